The van der Waals surface area contributed by atoms with E-state index in [0.29, 0.717) is 19.7 Å². The van der Waals surface area contributed by atoms with Gasteiger partial charge in [-0.25, -0.2) is 0 Å². The van der Waals surface area contributed by atoms with Gasteiger partial charge in [-0.1, -0.05) is 6.92 Å². The number of amides is 2. The van der Waals surface area contributed by atoms with Crippen molar-refractivity contribution >= 4 is 11.8 Å². The summed E-state index contributed by atoms with van der Waals surface area (Å²) in [6.07, 6.45) is 3.86. The Labute approximate surface area is 126 Å². The van der Waals surface area contributed by atoms with E-state index in [-0.39, 0.29) is 18.4 Å². The van der Waals surface area contributed by atoms with Crippen molar-refractivity contribution in [3.8, 4) is 0 Å². The average Bonchev–Trinajstić information content (AvgIpc) is 2.52. The molecule has 2 unspecified atom stereocenters. The summed E-state index contributed by atoms with van der Waals surface area (Å²) in [6.45, 7) is 6.72. The van der Waals surface area contributed by atoms with Gasteiger partial charge in [0.05, 0.1) is 18.8 Å². The van der Waals surface area contributed by atoms with E-state index in [1.165, 1.54) is 0 Å². The molecule has 21 heavy (non-hydrogen) atoms. The van der Waals surface area contributed by atoms with Gasteiger partial charge in [0.15, 0.2) is 0 Å². The summed E-state index contributed by atoms with van der Waals surface area (Å²) in [7, 11) is 0. The maximum atomic E-state index is 12.9. The summed E-state index contributed by atoms with van der Waals surface area (Å²) >= 11 is 0. The molecule has 2 atom stereocenters. The standard InChI is InChI=1S/C15H27N3O3/c1-3-7-16-13(19)12-11-21-10-9-18(12)14(20)15(2)6-4-5-8-17-15/h12,17H,3-11H2,1-2H3,(H,16,19). The van der Waals surface area contributed by atoms with Crippen LogP contribution in [-0.2, 0) is 14.3 Å². The SMILES string of the molecule is CCCNC(=O)C1COCCN1C(=O)C1(C)CCCCN1. The molecule has 0 saturated carbocycles. The van der Waals surface area contributed by atoms with Gasteiger partial charge in [-0.2, -0.15) is 0 Å². The highest BCUT2D eigenvalue weighted by Crippen LogP contribution is 2.23. The van der Waals surface area contributed by atoms with Crippen LogP contribution in [0.5, 0.6) is 0 Å². The van der Waals surface area contributed by atoms with Gasteiger partial charge in [0.2, 0.25) is 11.8 Å². The number of nitrogens with one attached hydrogen (secondary N) is 2. The Morgan fingerprint density at radius 1 is 1.43 bits per heavy atom. The maximum Gasteiger partial charge on any atom is 0.245 e. The van der Waals surface area contributed by atoms with Gasteiger partial charge in [0.25, 0.3) is 0 Å². The van der Waals surface area contributed by atoms with Crippen LogP contribution in [0.1, 0.15) is 39.5 Å². The van der Waals surface area contributed by atoms with Crippen molar-refractivity contribution in [2.24, 2.45) is 0 Å². The number of hydrogen-bond donors (Lipinski definition) is 2. The zero-order chi connectivity index (χ0) is 15.3. The number of carbonyl (C=O) groups is 2. The van der Waals surface area contributed by atoms with Crippen LogP contribution >= 0.6 is 0 Å². The summed E-state index contributed by atoms with van der Waals surface area (Å²) < 4.78 is 5.41. The smallest absolute Gasteiger partial charge is 0.245 e. The number of ether oxygens (including phenoxy) is 1. The highest BCUT2D eigenvalue weighted by atomic mass is 16.5. The molecule has 0 radical (unpaired) electrons. The molecule has 2 aliphatic rings. The lowest BCUT2D eigenvalue weighted by Crippen LogP contribution is -2.64. The lowest BCUT2D eigenvalue weighted by molar-refractivity contribution is -0.153. The largest absolute Gasteiger partial charge is 0.377 e. The van der Waals surface area contributed by atoms with Crippen LogP contribution in [0, 0.1) is 0 Å². The number of nitrogens with zero attached hydrogens (tertiary/aromatic N) is 1. The highest BCUT2D eigenvalue weighted by molar-refractivity contribution is 5.92. The van der Waals surface area contributed by atoms with E-state index in [9.17, 15) is 9.59 Å². The molecular weight excluding hydrogens is 270 g/mol. The number of rotatable bonds is 4. The molecule has 0 bridgehead atoms. The minimum absolute atomic E-state index is 0.0298. The topological polar surface area (TPSA) is 70.7 Å². The van der Waals surface area contributed by atoms with Crippen LogP contribution in [0.3, 0.4) is 0 Å². The molecule has 6 nitrogen and oxygen atoms in total. The molecule has 0 spiro atoms. The first-order valence-electron chi connectivity index (χ1n) is 8.00. The van der Waals surface area contributed by atoms with Crippen molar-refractivity contribution in [3.63, 3.8) is 0 Å². The second-order valence-corrected chi connectivity index (χ2v) is 6.10. The van der Waals surface area contributed by atoms with E-state index in [1.54, 1.807) is 4.90 Å². The first-order valence-corrected chi connectivity index (χ1v) is 8.00. The summed E-state index contributed by atoms with van der Waals surface area (Å²) in [5.74, 6) is -0.0774. The Kier molecular flexibility index (Phi) is 5.58. The zero-order valence-corrected chi connectivity index (χ0v) is 13.1. The van der Waals surface area contributed by atoms with Crippen molar-refractivity contribution < 1.29 is 14.3 Å². The van der Waals surface area contributed by atoms with Crippen LogP contribution < -0.4 is 10.6 Å². The van der Waals surface area contributed by atoms with E-state index in [2.05, 4.69) is 10.6 Å². The normalized spacial score (nSPS) is 30.0. The Morgan fingerprint density at radius 2 is 2.24 bits per heavy atom. The van der Waals surface area contributed by atoms with Gasteiger partial charge in [0.1, 0.15) is 6.04 Å². The van der Waals surface area contributed by atoms with Crippen molar-refractivity contribution in [2.45, 2.75) is 51.1 Å². The fraction of sp³-hybridized carbons (Fsp3) is 0.867. The molecule has 2 rings (SSSR count). The predicted octanol–water partition coefficient (Wildman–Crippen LogP) is 0.272. The molecule has 2 aliphatic heterocycles. The second-order valence-electron chi connectivity index (χ2n) is 6.10. The summed E-state index contributed by atoms with van der Waals surface area (Å²) in [5.41, 5.74) is -0.543. The summed E-state index contributed by atoms with van der Waals surface area (Å²) in [5, 5.41) is 6.20. The molecule has 2 amide bonds. The van der Waals surface area contributed by atoms with E-state index >= 15 is 0 Å². The van der Waals surface area contributed by atoms with Gasteiger partial charge >= 0.3 is 0 Å². The van der Waals surface area contributed by atoms with Gasteiger partial charge in [-0.15, -0.1) is 0 Å². The Hall–Kier alpha value is -1.14. The number of piperidine rings is 1. The summed E-state index contributed by atoms with van der Waals surface area (Å²) in [4.78, 5) is 26.8. The van der Waals surface area contributed by atoms with Crippen LogP contribution in [0.2, 0.25) is 0 Å². The molecule has 6 heteroatoms. The quantitative estimate of drug-likeness (QED) is 0.781. The third kappa shape index (κ3) is 3.74. The van der Waals surface area contributed by atoms with Crippen LogP contribution in [-0.4, -0.2) is 61.1 Å². The van der Waals surface area contributed by atoms with Crippen molar-refractivity contribution in [3.05, 3.63) is 0 Å². The molecule has 2 heterocycles. The molecule has 0 aromatic rings. The highest BCUT2D eigenvalue weighted by Gasteiger charge is 2.42. The minimum atomic E-state index is -0.543. The van der Waals surface area contributed by atoms with E-state index in [1.807, 2.05) is 13.8 Å². The molecule has 0 aromatic heterocycles. The third-order valence-electron chi connectivity index (χ3n) is 4.33. The van der Waals surface area contributed by atoms with Crippen molar-refractivity contribution in [1.82, 2.24) is 15.5 Å². The van der Waals surface area contributed by atoms with Gasteiger partial charge in [-0.3, -0.25) is 9.59 Å². The number of hydrogen-bond acceptors (Lipinski definition) is 4. The fourth-order valence-corrected chi connectivity index (χ4v) is 2.99. The maximum absolute atomic E-state index is 12.9. The Balaban J connectivity index is 2.06. The molecule has 2 N–H and O–H groups in total. The van der Waals surface area contributed by atoms with Crippen molar-refractivity contribution in [1.29, 1.82) is 0 Å². The Bertz CT molecular complexity index is 380. The first kappa shape index (κ1) is 16.2. The second kappa shape index (κ2) is 7.22. The van der Waals surface area contributed by atoms with Gasteiger partial charge < -0.3 is 20.3 Å². The van der Waals surface area contributed by atoms with Crippen molar-refractivity contribution in [2.75, 3.05) is 32.8 Å². The third-order valence-corrected chi connectivity index (χ3v) is 4.33. The number of morpholine rings is 1. The minimum Gasteiger partial charge on any atom is -0.377 e. The molecule has 2 fully saturated rings. The molecule has 0 aromatic carbocycles. The summed E-state index contributed by atoms with van der Waals surface area (Å²) in [6, 6.07) is -0.502. The average molecular weight is 297 g/mol. The number of carbonyl (C=O) groups excluding carboxylic acids is 2. The van der Waals surface area contributed by atoms with Gasteiger partial charge in [-0.05, 0) is 39.2 Å². The molecule has 120 valence electrons. The Morgan fingerprint density at radius 3 is 2.90 bits per heavy atom. The lowest BCUT2D eigenvalue weighted by Gasteiger charge is -2.42. The van der Waals surface area contributed by atoms with E-state index < -0.39 is 11.6 Å². The fourth-order valence-electron chi connectivity index (χ4n) is 2.99. The molecular formula is C15H27N3O3. The first-order chi connectivity index (χ1) is 10.1. The van der Waals surface area contributed by atoms with E-state index in [0.717, 1.165) is 32.2 Å². The monoisotopic (exact) mass is 297 g/mol. The van der Waals surface area contributed by atoms with Gasteiger partial charge in [0, 0.05) is 13.1 Å². The van der Waals surface area contributed by atoms with E-state index in [4.69, 9.17) is 4.74 Å². The molecule has 2 saturated heterocycles. The van der Waals surface area contributed by atoms with Crippen LogP contribution in [0.15, 0.2) is 0 Å². The van der Waals surface area contributed by atoms with Crippen LogP contribution in [0.25, 0.3) is 0 Å². The predicted molar refractivity (Wildman–Crippen MR) is 79.9 cm³/mol. The molecule has 0 aliphatic carbocycles. The van der Waals surface area contributed by atoms with Crippen LogP contribution in [0.4, 0.5) is 0 Å². The lowest BCUT2D eigenvalue weighted by atomic mass is 9.89. The zero-order valence-electron chi connectivity index (χ0n) is 13.1.